The largest absolute Gasteiger partial charge is 0.263 e. The molecule has 0 saturated carbocycles. The molecule has 17 heavy (non-hydrogen) atoms. The van der Waals surface area contributed by atoms with Crippen molar-refractivity contribution in [1.82, 2.24) is 4.39 Å². The summed E-state index contributed by atoms with van der Waals surface area (Å²) in [4.78, 5) is 0.782. The molecule has 1 aromatic rings. The average molecular weight is 269 g/mol. The van der Waals surface area contributed by atoms with Gasteiger partial charge in [0.25, 0.3) is 0 Å². The lowest BCUT2D eigenvalue weighted by molar-refractivity contribution is 0.671. The average Bonchev–Trinajstić information content (AvgIpc) is 2.15. The van der Waals surface area contributed by atoms with E-state index in [-0.39, 0.29) is 5.04 Å². The molecule has 0 heterocycles. The Balaban J connectivity index is 3.04. The van der Waals surface area contributed by atoms with Gasteiger partial charge in [0.05, 0.1) is 0 Å². The molecule has 0 aliphatic carbocycles. The number of hydrogen-bond donors (Lipinski definition) is 1. The van der Waals surface area contributed by atoms with E-state index in [2.05, 4.69) is 44.1 Å². The van der Waals surface area contributed by atoms with E-state index in [0.29, 0.717) is 0 Å². The zero-order valence-corrected chi connectivity index (χ0v) is 13.2. The van der Waals surface area contributed by atoms with Gasteiger partial charge in [-0.15, -0.1) is 0 Å². The second-order valence-electron chi connectivity index (χ2n) is 5.97. The molecule has 0 spiro atoms. The molecule has 0 radical (unpaired) electrons. The summed E-state index contributed by atoms with van der Waals surface area (Å²) in [6.45, 7) is 11.0. The van der Waals surface area contributed by atoms with Gasteiger partial charge in [-0.1, -0.05) is 52.1 Å². The van der Waals surface area contributed by atoms with Crippen LogP contribution in [0, 0.1) is 0 Å². The SMILES string of the molecule is C=S(=O)(N[Si](C)(C)C(C)(C)C)c1ccccc1. The molecular formula is C13H23NOSSi. The topological polar surface area (TPSA) is 29.1 Å². The second-order valence-corrected chi connectivity index (χ2v) is 13.4. The minimum atomic E-state index is -2.39. The first-order chi connectivity index (χ1) is 7.56. The monoisotopic (exact) mass is 269 g/mol. The zero-order valence-electron chi connectivity index (χ0n) is 11.4. The Morgan fingerprint density at radius 1 is 1.18 bits per heavy atom. The highest BCUT2D eigenvalue weighted by molar-refractivity contribution is 7.99. The highest BCUT2D eigenvalue weighted by Gasteiger charge is 2.37. The van der Waals surface area contributed by atoms with E-state index in [1.54, 1.807) is 0 Å². The maximum absolute atomic E-state index is 12.7. The van der Waals surface area contributed by atoms with Gasteiger partial charge >= 0.3 is 0 Å². The Kier molecular flexibility index (Phi) is 3.91. The van der Waals surface area contributed by atoms with Crippen LogP contribution in [-0.2, 0) is 9.71 Å². The summed E-state index contributed by atoms with van der Waals surface area (Å²) in [5, 5.41) is 0.141. The van der Waals surface area contributed by atoms with Gasteiger partial charge < -0.3 is 0 Å². The minimum absolute atomic E-state index is 0.141. The van der Waals surface area contributed by atoms with Crippen molar-refractivity contribution < 1.29 is 4.21 Å². The molecule has 1 N–H and O–H groups in total. The highest BCUT2D eigenvalue weighted by Crippen LogP contribution is 2.34. The molecule has 0 aliphatic rings. The predicted molar refractivity (Wildman–Crippen MR) is 80.3 cm³/mol. The van der Waals surface area contributed by atoms with Gasteiger partial charge in [-0.25, -0.2) is 4.21 Å². The Bertz CT molecular complexity index is 472. The van der Waals surface area contributed by atoms with Crippen molar-refractivity contribution in [2.75, 3.05) is 0 Å². The van der Waals surface area contributed by atoms with E-state index in [1.165, 1.54) is 0 Å². The van der Waals surface area contributed by atoms with Crippen molar-refractivity contribution in [3.05, 3.63) is 30.3 Å². The van der Waals surface area contributed by atoms with Crippen LogP contribution in [0.3, 0.4) is 0 Å². The van der Waals surface area contributed by atoms with Crippen LogP contribution in [-0.4, -0.2) is 18.3 Å². The summed E-state index contributed by atoms with van der Waals surface area (Å²) in [6.07, 6.45) is 0. The van der Waals surface area contributed by atoms with Gasteiger partial charge in [0.1, 0.15) is 8.24 Å². The molecular weight excluding hydrogens is 246 g/mol. The van der Waals surface area contributed by atoms with Gasteiger partial charge in [0.15, 0.2) is 0 Å². The van der Waals surface area contributed by atoms with Crippen molar-refractivity contribution >= 4 is 23.8 Å². The van der Waals surface area contributed by atoms with Crippen LogP contribution in [0.25, 0.3) is 0 Å². The third-order valence-corrected chi connectivity index (χ3v) is 11.6. The molecule has 0 aliphatic heterocycles. The lowest BCUT2D eigenvalue weighted by Gasteiger charge is -2.38. The highest BCUT2D eigenvalue weighted by atomic mass is 32.2. The van der Waals surface area contributed by atoms with Gasteiger partial charge in [-0.3, -0.25) is 4.39 Å². The first kappa shape index (κ1) is 14.5. The first-order valence-corrected chi connectivity index (χ1v) is 10.5. The standard InChI is InChI=1S/C13H23NOSSi/c1-13(2,3)17(5,6)14-16(4,15)12-10-8-7-9-11-12/h7-11H,4H2,1-3,5-6H3,(H,14,15). The van der Waals surface area contributed by atoms with Crippen molar-refractivity contribution in [1.29, 1.82) is 0 Å². The summed E-state index contributed by atoms with van der Waals surface area (Å²) in [5.41, 5.74) is 0. The van der Waals surface area contributed by atoms with Crippen molar-refractivity contribution in [3.63, 3.8) is 0 Å². The molecule has 0 aromatic heterocycles. The normalized spacial score (nSPS) is 16.5. The number of benzene rings is 1. The van der Waals surface area contributed by atoms with Crippen molar-refractivity contribution in [2.45, 2.75) is 43.8 Å². The summed E-state index contributed by atoms with van der Waals surface area (Å²) in [7, 11) is -4.20. The fourth-order valence-corrected chi connectivity index (χ4v) is 6.85. The Hall–Kier alpha value is -0.583. The van der Waals surface area contributed by atoms with Gasteiger partial charge in [0, 0.05) is 14.6 Å². The van der Waals surface area contributed by atoms with Crippen molar-refractivity contribution in [2.24, 2.45) is 0 Å². The van der Waals surface area contributed by atoms with Crippen LogP contribution in [0.5, 0.6) is 0 Å². The maximum atomic E-state index is 12.7. The number of nitrogens with one attached hydrogen (secondary N) is 1. The Morgan fingerprint density at radius 3 is 2.06 bits per heavy atom. The van der Waals surface area contributed by atoms with Gasteiger partial charge in [-0.2, -0.15) is 0 Å². The molecule has 1 aromatic carbocycles. The summed E-state index contributed by atoms with van der Waals surface area (Å²) in [6, 6.07) is 9.46. The van der Waals surface area contributed by atoms with Crippen LogP contribution in [0.2, 0.25) is 18.1 Å². The van der Waals surface area contributed by atoms with E-state index in [4.69, 9.17) is 0 Å². The molecule has 0 amide bonds. The zero-order chi connectivity index (χ0) is 13.3. The fraction of sp³-hybridized carbons (Fsp3) is 0.462. The molecule has 0 saturated heterocycles. The number of rotatable bonds is 3. The van der Waals surface area contributed by atoms with Crippen LogP contribution in [0.15, 0.2) is 35.2 Å². The van der Waals surface area contributed by atoms with E-state index >= 15 is 0 Å². The predicted octanol–water partition coefficient (Wildman–Crippen LogP) is 3.27. The molecule has 96 valence electrons. The fourth-order valence-electron chi connectivity index (χ4n) is 1.26. The van der Waals surface area contributed by atoms with E-state index in [0.717, 1.165) is 4.90 Å². The summed E-state index contributed by atoms with van der Waals surface area (Å²) >= 11 is 0. The van der Waals surface area contributed by atoms with Crippen LogP contribution in [0.4, 0.5) is 0 Å². The molecule has 4 heteroatoms. The third kappa shape index (κ3) is 3.44. The summed E-state index contributed by atoms with van der Waals surface area (Å²) < 4.78 is 16.0. The quantitative estimate of drug-likeness (QED) is 0.662. The van der Waals surface area contributed by atoms with Crippen LogP contribution in [0.1, 0.15) is 20.8 Å². The van der Waals surface area contributed by atoms with Crippen LogP contribution >= 0.6 is 0 Å². The second kappa shape index (κ2) is 4.59. The molecule has 1 atom stereocenters. The molecule has 1 unspecified atom stereocenters. The maximum Gasteiger partial charge on any atom is 0.138 e. The molecule has 0 fully saturated rings. The smallest absolute Gasteiger partial charge is 0.138 e. The van der Waals surface area contributed by atoms with Crippen molar-refractivity contribution in [3.8, 4) is 0 Å². The lowest BCUT2D eigenvalue weighted by Crippen LogP contribution is -2.54. The van der Waals surface area contributed by atoms with E-state index in [1.807, 2.05) is 30.3 Å². The first-order valence-electron chi connectivity index (χ1n) is 5.77. The molecule has 0 bridgehead atoms. The Labute approximate surface area is 107 Å². The number of hydrogen-bond acceptors (Lipinski definition) is 1. The third-order valence-electron chi connectivity index (χ3n) is 3.42. The van der Waals surface area contributed by atoms with Crippen LogP contribution < -0.4 is 4.39 Å². The Morgan fingerprint density at radius 2 is 1.65 bits per heavy atom. The van der Waals surface area contributed by atoms with E-state index < -0.39 is 17.9 Å². The van der Waals surface area contributed by atoms with Gasteiger partial charge in [0.2, 0.25) is 0 Å². The lowest BCUT2D eigenvalue weighted by atomic mass is 10.2. The molecule has 2 nitrogen and oxygen atoms in total. The summed E-state index contributed by atoms with van der Waals surface area (Å²) in [5.74, 6) is 3.89. The minimum Gasteiger partial charge on any atom is -0.263 e. The van der Waals surface area contributed by atoms with Gasteiger partial charge in [-0.05, 0) is 23.0 Å². The molecule has 1 rings (SSSR count). The van der Waals surface area contributed by atoms with E-state index in [9.17, 15) is 4.21 Å².